The van der Waals surface area contributed by atoms with Crippen LogP contribution in [-0.4, -0.2) is 47.3 Å². The maximum absolute atomic E-state index is 5.28. The Morgan fingerprint density at radius 3 is 1.89 bits per heavy atom. The Hall–Kier alpha value is -2.64. The van der Waals surface area contributed by atoms with Crippen LogP contribution in [0.5, 0.6) is 0 Å². The summed E-state index contributed by atoms with van der Waals surface area (Å²) in [7, 11) is 0. The molecule has 0 bridgehead atoms. The first kappa shape index (κ1) is 18.7. The van der Waals surface area contributed by atoms with Gasteiger partial charge in [0.1, 0.15) is 5.76 Å². The molecule has 2 saturated heterocycles. The molecule has 0 atom stereocenters. The predicted octanol–water partition coefficient (Wildman–Crippen LogP) is 3.67. The third-order valence-electron chi connectivity index (χ3n) is 5.29. The number of nitrogens with one attached hydrogen (secondary N) is 1. The predicted molar refractivity (Wildman–Crippen MR) is 111 cm³/mol. The molecule has 0 radical (unpaired) electrons. The van der Waals surface area contributed by atoms with E-state index < -0.39 is 0 Å². The largest absolute Gasteiger partial charge is 0.463 e. The van der Waals surface area contributed by atoms with Gasteiger partial charge in [0.05, 0.1) is 12.5 Å². The molecule has 2 fully saturated rings. The van der Waals surface area contributed by atoms with Crippen LogP contribution in [0.4, 0.5) is 17.8 Å². The fourth-order valence-electron chi connectivity index (χ4n) is 3.75. The lowest BCUT2D eigenvalue weighted by Crippen LogP contribution is -2.30. The number of anilines is 3. The minimum Gasteiger partial charge on any atom is -0.463 e. The lowest BCUT2D eigenvalue weighted by Gasteiger charge is -2.24. The highest BCUT2D eigenvalue weighted by Gasteiger charge is 2.19. The summed E-state index contributed by atoms with van der Waals surface area (Å²) < 4.78 is 5.28. The van der Waals surface area contributed by atoms with Gasteiger partial charge >= 0.3 is 0 Å². The summed E-state index contributed by atoms with van der Waals surface area (Å²) in [5.74, 6) is 2.68. The van der Waals surface area contributed by atoms with Crippen LogP contribution in [0.3, 0.4) is 0 Å². The average Bonchev–Trinajstić information content (AvgIpc) is 2.95. The van der Waals surface area contributed by atoms with E-state index in [1.807, 2.05) is 12.1 Å². The fourth-order valence-corrected chi connectivity index (χ4v) is 3.75. The van der Waals surface area contributed by atoms with Gasteiger partial charge in [-0.2, -0.15) is 20.1 Å². The molecule has 0 spiro atoms. The summed E-state index contributed by atoms with van der Waals surface area (Å²) in [6.07, 6.45) is 13.1. The van der Waals surface area contributed by atoms with E-state index in [1.54, 1.807) is 12.5 Å². The van der Waals surface area contributed by atoms with Gasteiger partial charge in [-0.05, 0) is 37.8 Å². The van der Waals surface area contributed by atoms with E-state index >= 15 is 0 Å². The molecule has 0 amide bonds. The molecule has 2 aliphatic heterocycles. The minimum atomic E-state index is 0.483. The maximum atomic E-state index is 5.28. The van der Waals surface area contributed by atoms with Crippen molar-refractivity contribution in [3.8, 4) is 0 Å². The number of hydrogen-bond donors (Lipinski definition) is 1. The van der Waals surface area contributed by atoms with Gasteiger partial charge in [-0.3, -0.25) is 0 Å². The Bertz CT molecular complexity index is 708. The van der Waals surface area contributed by atoms with Gasteiger partial charge in [0, 0.05) is 26.2 Å². The van der Waals surface area contributed by atoms with Crippen molar-refractivity contribution < 1.29 is 4.42 Å². The molecular weight excluding hydrogens is 354 g/mol. The van der Waals surface area contributed by atoms with E-state index in [2.05, 4.69) is 30.3 Å². The molecule has 2 aromatic rings. The molecule has 0 unspecified atom stereocenters. The zero-order valence-corrected chi connectivity index (χ0v) is 16.4. The molecule has 150 valence electrons. The van der Waals surface area contributed by atoms with E-state index in [9.17, 15) is 0 Å². The second-order valence-electron chi connectivity index (χ2n) is 7.45. The SMILES string of the molecule is C(=NNc1nc(N2CCCCCC2)nc(N2CCCCCC2)n1)c1ccco1. The van der Waals surface area contributed by atoms with Gasteiger partial charge in [-0.15, -0.1) is 0 Å². The molecule has 28 heavy (non-hydrogen) atoms. The monoisotopic (exact) mass is 383 g/mol. The van der Waals surface area contributed by atoms with Crippen LogP contribution >= 0.6 is 0 Å². The molecule has 1 N–H and O–H groups in total. The van der Waals surface area contributed by atoms with Crippen molar-refractivity contribution in [2.24, 2.45) is 5.10 Å². The number of nitrogens with zero attached hydrogens (tertiary/aromatic N) is 6. The van der Waals surface area contributed by atoms with Gasteiger partial charge in [0.15, 0.2) is 0 Å². The van der Waals surface area contributed by atoms with Crippen molar-refractivity contribution in [3.63, 3.8) is 0 Å². The second kappa shape index (κ2) is 9.52. The van der Waals surface area contributed by atoms with E-state index in [0.717, 1.165) is 38.1 Å². The van der Waals surface area contributed by atoms with Crippen molar-refractivity contribution in [3.05, 3.63) is 24.2 Å². The Balaban J connectivity index is 1.57. The molecule has 8 nitrogen and oxygen atoms in total. The van der Waals surface area contributed by atoms with Crippen molar-refractivity contribution in [2.75, 3.05) is 41.4 Å². The van der Waals surface area contributed by atoms with Crippen LogP contribution in [0.15, 0.2) is 27.9 Å². The molecule has 0 aliphatic carbocycles. The molecule has 4 heterocycles. The topological polar surface area (TPSA) is 82.7 Å². The summed E-state index contributed by atoms with van der Waals surface area (Å²) in [5.41, 5.74) is 2.97. The van der Waals surface area contributed by atoms with E-state index in [1.165, 1.54) is 51.4 Å². The zero-order chi connectivity index (χ0) is 19.0. The molecule has 0 aromatic carbocycles. The lowest BCUT2D eigenvalue weighted by molar-refractivity contribution is 0.560. The molecular formula is C20H29N7O. The number of hydrazone groups is 1. The molecule has 0 saturated carbocycles. The average molecular weight is 384 g/mol. The highest BCUT2D eigenvalue weighted by molar-refractivity contribution is 5.76. The third kappa shape index (κ3) is 4.99. The number of furan rings is 1. The van der Waals surface area contributed by atoms with Crippen LogP contribution in [-0.2, 0) is 0 Å². The normalized spacial score (nSPS) is 18.9. The van der Waals surface area contributed by atoms with E-state index in [0.29, 0.717) is 11.7 Å². The Morgan fingerprint density at radius 2 is 1.39 bits per heavy atom. The summed E-state index contributed by atoms with van der Waals surface area (Å²) in [4.78, 5) is 18.7. The molecule has 2 aliphatic rings. The van der Waals surface area contributed by atoms with Gasteiger partial charge in [-0.25, -0.2) is 5.43 Å². The van der Waals surface area contributed by atoms with Crippen LogP contribution < -0.4 is 15.2 Å². The van der Waals surface area contributed by atoms with E-state index in [4.69, 9.17) is 9.40 Å². The van der Waals surface area contributed by atoms with Crippen LogP contribution in [0, 0.1) is 0 Å². The van der Waals surface area contributed by atoms with Crippen LogP contribution in [0.1, 0.15) is 57.1 Å². The number of aromatic nitrogens is 3. The first-order valence-corrected chi connectivity index (χ1v) is 10.5. The van der Waals surface area contributed by atoms with Crippen molar-refractivity contribution in [1.82, 2.24) is 15.0 Å². The third-order valence-corrected chi connectivity index (χ3v) is 5.29. The molecule has 2 aromatic heterocycles. The van der Waals surface area contributed by atoms with Gasteiger partial charge in [0.25, 0.3) is 0 Å². The van der Waals surface area contributed by atoms with Crippen LogP contribution in [0.25, 0.3) is 0 Å². The standard InChI is InChI=1S/C20H29N7O/c1-2-6-12-26(11-5-1)19-22-18(25-21-16-17-10-9-15-28-17)23-20(24-19)27-13-7-3-4-8-14-27/h9-10,15-16H,1-8,11-14H2,(H,22,23,24,25). The summed E-state index contributed by atoms with van der Waals surface area (Å²) in [5, 5.41) is 4.24. The Labute approximate surface area is 166 Å². The summed E-state index contributed by atoms with van der Waals surface area (Å²) >= 11 is 0. The first-order chi connectivity index (χ1) is 13.9. The highest BCUT2D eigenvalue weighted by atomic mass is 16.3. The van der Waals surface area contributed by atoms with Crippen molar-refractivity contribution in [1.29, 1.82) is 0 Å². The Kier molecular flexibility index (Phi) is 6.36. The smallest absolute Gasteiger partial charge is 0.250 e. The van der Waals surface area contributed by atoms with Gasteiger partial charge in [0.2, 0.25) is 17.8 Å². The summed E-state index contributed by atoms with van der Waals surface area (Å²) in [6, 6.07) is 3.68. The molecule has 8 heteroatoms. The van der Waals surface area contributed by atoms with Gasteiger partial charge < -0.3 is 14.2 Å². The maximum Gasteiger partial charge on any atom is 0.250 e. The highest BCUT2D eigenvalue weighted by Crippen LogP contribution is 2.22. The lowest BCUT2D eigenvalue weighted by atomic mass is 10.2. The fraction of sp³-hybridized carbons (Fsp3) is 0.600. The number of hydrogen-bond acceptors (Lipinski definition) is 8. The van der Waals surface area contributed by atoms with Gasteiger partial charge in [-0.1, -0.05) is 25.7 Å². The van der Waals surface area contributed by atoms with Crippen molar-refractivity contribution >= 4 is 24.1 Å². The number of rotatable bonds is 5. The van der Waals surface area contributed by atoms with E-state index in [-0.39, 0.29) is 0 Å². The summed E-state index contributed by atoms with van der Waals surface area (Å²) in [6.45, 7) is 3.99. The molecule has 4 rings (SSSR count). The van der Waals surface area contributed by atoms with Crippen molar-refractivity contribution in [2.45, 2.75) is 51.4 Å². The quantitative estimate of drug-likeness (QED) is 0.623. The zero-order valence-electron chi connectivity index (χ0n) is 16.4. The minimum absolute atomic E-state index is 0.483. The Morgan fingerprint density at radius 1 is 0.821 bits per heavy atom. The second-order valence-corrected chi connectivity index (χ2v) is 7.45. The van der Waals surface area contributed by atoms with Crippen LogP contribution in [0.2, 0.25) is 0 Å². The first-order valence-electron chi connectivity index (χ1n) is 10.5.